The van der Waals surface area contributed by atoms with Gasteiger partial charge in [0.05, 0.1) is 23.8 Å². The predicted molar refractivity (Wildman–Crippen MR) is 82.7 cm³/mol. The molecule has 2 aromatic heterocycles. The minimum Gasteiger partial charge on any atom is -0.300 e. The Balaban J connectivity index is 2.03. The van der Waals surface area contributed by atoms with E-state index in [1.165, 1.54) is 11.3 Å². The van der Waals surface area contributed by atoms with Gasteiger partial charge in [-0.15, -0.1) is 0 Å². The summed E-state index contributed by atoms with van der Waals surface area (Å²) in [7, 11) is 0. The van der Waals surface area contributed by atoms with Gasteiger partial charge in [0, 0.05) is 15.5 Å². The molecule has 0 aliphatic carbocycles. The van der Waals surface area contributed by atoms with Crippen LogP contribution >= 0.6 is 27.3 Å². The van der Waals surface area contributed by atoms with Crippen LogP contribution in [0.2, 0.25) is 0 Å². The molecule has 8 heteroatoms. The maximum atomic E-state index is 12.4. The summed E-state index contributed by atoms with van der Waals surface area (Å²) in [6.45, 7) is 0.424. The highest BCUT2D eigenvalue weighted by Gasteiger charge is 2.07. The van der Waals surface area contributed by atoms with Gasteiger partial charge in [0.25, 0.3) is 5.56 Å². The second-order valence-corrected chi connectivity index (χ2v) is 6.15. The first-order chi connectivity index (χ1) is 9.67. The Morgan fingerprint density at radius 3 is 3.00 bits per heavy atom. The van der Waals surface area contributed by atoms with Crippen molar-refractivity contribution in [2.24, 2.45) is 5.84 Å². The van der Waals surface area contributed by atoms with E-state index in [9.17, 15) is 4.79 Å². The molecule has 102 valence electrons. The first kappa shape index (κ1) is 13.2. The number of aromatic nitrogens is 3. The average Bonchev–Trinajstić information content (AvgIpc) is 2.90. The maximum absolute atomic E-state index is 12.4. The molecule has 1 aromatic carbocycles. The Labute approximate surface area is 126 Å². The van der Waals surface area contributed by atoms with Gasteiger partial charge in [-0.3, -0.25) is 14.8 Å². The van der Waals surface area contributed by atoms with Gasteiger partial charge in [-0.2, -0.15) is 0 Å². The number of nitrogen functional groups attached to an aromatic ring is 1. The van der Waals surface area contributed by atoms with E-state index < -0.39 is 0 Å². The standard InChI is InChI=1S/C12H10BrN5OS/c13-7-1-2-10-9(3-7)11(19)18(6-16-10)5-8-4-15-12(17-14)20-8/h1-4,6H,5,14H2,(H,15,17). The van der Waals surface area contributed by atoms with Crippen LogP contribution in [0.5, 0.6) is 0 Å². The van der Waals surface area contributed by atoms with Crippen molar-refractivity contribution in [2.45, 2.75) is 6.54 Å². The summed E-state index contributed by atoms with van der Waals surface area (Å²) in [5.74, 6) is 5.29. The van der Waals surface area contributed by atoms with Crippen molar-refractivity contribution in [3.05, 3.63) is 50.4 Å². The van der Waals surface area contributed by atoms with Crippen LogP contribution < -0.4 is 16.8 Å². The minimum atomic E-state index is -0.0769. The van der Waals surface area contributed by atoms with E-state index in [1.807, 2.05) is 12.1 Å². The number of fused-ring (bicyclic) bond motifs is 1. The number of nitrogens with one attached hydrogen (secondary N) is 1. The number of benzene rings is 1. The van der Waals surface area contributed by atoms with Crippen molar-refractivity contribution in [2.75, 3.05) is 5.43 Å². The van der Waals surface area contributed by atoms with E-state index in [0.29, 0.717) is 22.6 Å². The number of hydrazine groups is 1. The first-order valence-corrected chi connectivity index (χ1v) is 7.34. The molecule has 6 nitrogen and oxygen atoms in total. The van der Waals surface area contributed by atoms with Crippen LogP contribution in [0.3, 0.4) is 0 Å². The van der Waals surface area contributed by atoms with E-state index in [2.05, 4.69) is 31.3 Å². The topological polar surface area (TPSA) is 85.8 Å². The third-order valence-corrected chi connectivity index (χ3v) is 4.20. The molecule has 0 radical (unpaired) electrons. The van der Waals surface area contributed by atoms with Gasteiger partial charge in [-0.25, -0.2) is 15.8 Å². The highest BCUT2D eigenvalue weighted by Crippen LogP contribution is 2.18. The number of rotatable bonds is 3. The lowest BCUT2D eigenvalue weighted by Crippen LogP contribution is -2.20. The third-order valence-electron chi connectivity index (χ3n) is 2.79. The summed E-state index contributed by atoms with van der Waals surface area (Å²) in [6, 6.07) is 5.45. The van der Waals surface area contributed by atoms with Crippen LogP contribution in [0.15, 0.2) is 40.0 Å². The average molecular weight is 352 g/mol. The monoisotopic (exact) mass is 351 g/mol. The van der Waals surface area contributed by atoms with Crippen LogP contribution in [0, 0.1) is 0 Å². The van der Waals surface area contributed by atoms with Crippen molar-refractivity contribution >= 4 is 43.3 Å². The Morgan fingerprint density at radius 2 is 2.25 bits per heavy atom. The zero-order valence-electron chi connectivity index (χ0n) is 10.2. The minimum absolute atomic E-state index is 0.0769. The fourth-order valence-corrected chi connectivity index (χ4v) is 2.94. The van der Waals surface area contributed by atoms with Crippen LogP contribution in [-0.2, 0) is 6.54 Å². The largest absolute Gasteiger partial charge is 0.300 e. The molecular formula is C12H10BrN5OS. The van der Waals surface area contributed by atoms with Crippen molar-refractivity contribution in [1.82, 2.24) is 14.5 Å². The molecule has 0 atom stereocenters. The predicted octanol–water partition coefficient (Wildman–Crippen LogP) is 1.95. The summed E-state index contributed by atoms with van der Waals surface area (Å²) < 4.78 is 2.41. The first-order valence-electron chi connectivity index (χ1n) is 5.73. The van der Waals surface area contributed by atoms with E-state index in [0.717, 1.165) is 9.35 Å². The zero-order chi connectivity index (χ0) is 14.1. The molecular weight excluding hydrogens is 342 g/mol. The molecule has 3 aromatic rings. The quantitative estimate of drug-likeness (QED) is 0.556. The van der Waals surface area contributed by atoms with Crippen LogP contribution in [-0.4, -0.2) is 14.5 Å². The zero-order valence-corrected chi connectivity index (χ0v) is 12.6. The summed E-state index contributed by atoms with van der Waals surface area (Å²) >= 11 is 4.77. The lowest BCUT2D eigenvalue weighted by Gasteiger charge is -2.05. The molecule has 0 unspecified atom stereocenters. The normalized spacial score (nSPS) is 10.9. The number of hydrogen-bond donors (Lipinski definition) is 2. The van der Waals surface area contributed by atoms with Gasteiger partial charge in [0.2, 0.25) is 0 Å². The van der Waals surface area contributed by atoms with Crippen LogP contribution in [0.1, 0.15) is 4.88 Å². The third kappa shape index (κ3) is 2.45. The SMILES string of the molecule is NNc1ncc(Cn2cnc3ccc(Br)cc3c2=O)s1. The Hall–Kier alpha value is -1.77. The second kappa shape index (κ2) is 5.31. The Kier molecular flexibility index (Phi) is 3.51. The molecule has 0 fully saturated rings. The van der Waals surface area contributed by atoms with Crippen LogP contribution in [0.25, 0.3) is 10.9 Å². The van der Waals surface area contributed by atoms with Gasteiger partial charge >= 0.3 is 0 Å². The van der Waals surface area contributed by atoms with E-state index in [1.54, 1.807) is 23.2 Å². The van der Waals surface area contributed by atoms with Gasteiger partial charge in [-0.05, 0) is 18.2 Å². The molecule has 0 aliphatic heterocycles. The second-order valence-electron chi connectivity index (χ2n) is 4.12. The summed E-state index contributed by atoms with van der Waals surface area (Å²) in [5, 5.41) is 1.20. The summed E-state index contributed by atoms with van der Waals surface area (Å²) in [6.07, 6.45) is 3.24. The molecule has 0 aliphatic rings. The Bertz CT molecular complexity index is 828. The smallest absolute Gasteiger partial charge is 0.261 e. The lowest BCUT2D eigenvalue weighted by molar-refractivity contribution is 0.757. The molecule has 0 bridgehead atoms. The van der Waals surface area contributed by atoms with Crippen molar-refractivity contribution in [1.29, 1.82) is 0 Å². The van der Waals surface area contributed by atoms with E-state index >= 15 is 0 Å². The Morgan fingerprint density at radius 1 is 1.40 bits per heavy atom. The molecule has 0 amide bonds. The van der Waals surface area contributed by atoms with Crippen LogP contribution in [0.4, 0.5) is 5.13 Å². The van der Waals surface area contributed by atoms with Crippen molar-refractivity contribution < 1.29 is 0 Å². The highest BCUT2D eigenvalue weighted by molar-refractivity contribution is 9.10. The molecule has 20 heavy (non-hydrogen) atoms. The highest BCUT2D eigenvalue weighted by atomic mass is 79.9. The molecule has 0 saturated carbocycles. The number of anilines is 1. The number of thiazole rings is 1. The van der Waals surface area contributed by atoms with Crippen molar-refractivity contribution in [3.63, 3.8) is 0 Å². The summed E-state index contributed by atoms with van der Waals surface area (Å²) in [5.41, 5.74) is 3.09. The molecule has 3 N–H and O–H groups in total. The van der Waals surface area contributed by atoms with E-state index in [-0.39, 0.29) is 5.56 Å². The fourth-order valence-electron chi connectivity index (χ4n) is 1.86. The van der Waals surface area contributed by atoms with Gasteiger partial charge in [0.1, 0.15) is 0 Å². The number of nitrogens with two attached hydrogens (primary N) is 1. The lowest BCUT2D eigenvalue weighted by atomic mass is 10.2. The number of hydrogen-bond acceptors (Lipinski definition) is 6. The van der Waals surface area contributed by atoms with Gasteiger partial charge in [-0.1, -0.05) is 27.3 Å². The molecule has 0 spiro atoms. The molecule has 2 heterocycles. The van der Waals surface area contributed by atoms with Gasteiger partial charge < -0.3 is 0 Å². The molecule has 3 rings (SSSR count). The number of halogens is 1. The van der Waals surface area contributed by atoms with Gasteiger partial charge in [0.15, 0.2) is 5.13 Å². The molecule has 0 saturated heterocycles. The maximum Gasteiger partial charge on any atom is 0.261 e. The van der Waals surface area contributed by atoms with E-state index in [4.69, 9.17) is 5.84 Å². The van der Waals surface area contributed by atoms with Crippen molar-refractivity contribution in [3.8, 4) is 0 Å². The number of nitrogens with zero attached hydrogens (tertiary/aromatic N) is 3. The fraction of sp³-hybridized carbons (Fsp3) is 0.0833. The summed E-state index contributed by atoms with van der Waals surface area (Å²) in [4.78, 5) is 21.7.